The molecule has 0 saturated carbocycles. The Morgan fingerprint density at radius 1 is 1.44 bits per heavy atom. The van der Waals surface area contributed by atoms with Crippen molar-refractivity contribution in [3.8, 4) is 0 Å². The van der Waals surface area contributed by atoms with Crippen molar-refractivity contribution in [3.05, 3.63) is 41.7 Å². The van der Waals surface area contributed by atoms with E-state index in [4.69, 9.17) is 17.3 Å². The average Bonchev–Trinajstić information content (AvgIpc) is 2.64. The molecule has 2 aromatic rings. The van der Waals surface area contributed by atoms with E-state index in [0.29, 0.717) is 5.69 Å². The predicted molar refractivity (Wildman–Crippen MR) is 68.8 cm³/mol. The van der Waals surface area contributed by atoms with Crippen molar-refractivity contribution in [2.75, 3.05) is 11.5 Å². The number of hydrogen-bond acceptors (Lipinski definition) is 3. The van der Waals surface area contributed by atoms with E-state index >= 15 is 0 Å². The number of hydrogen-bond donors (Lipinski definition) is 1. The number of rotatable bonds is 4. The maximum absolute atomic E-state index is 5.90. The van der Waals surface area contributed by atoms with Crippen LogP contribution in [0.2, 0.25) is 5.02 Å². The number of thioether (sulfide) groups is 1. The second kappa shape index (κ2) is 5.27. The van der Waals surface area contributed by atoms with E-state index in [1.54, 1.807) is 18.0 Å². The molecule has 0 spiro atoms. The Hall–Kier alpha value is -1.13. The van der Waals surface area contributed by atoms with Crippen molar-refractivity contribution in [2.45, 2.75) is 11.4 Å². The van der Waals surface area contributed by atoms with E-state index in [-0.39, 0.29) is 0 Å². The molecule has 5 heteroatoms. The normalized spacial score (nSPS) is 10.6. The highest BCUT2D eigenvalue weighted by molar-refractivity contribution is 7.99. The van der Waals surface area contributed by atoms with Crippen molar-refractivity contribution in [1.82, 2.24) is 9.78 Å². The molecule has 2 N–H and O–H groups in total. The van der Waals surface area contributed by atoms with Crippen molar-refractivity contribution >= 4 is 29.1 Å². The minimum atomic E-state index is 0.702. The summed E-state index contributed by atoms with van der Waals surface area (Å²) in [7, 11) is 0. The maximum Gasteiger partial charge on any atom is 0.0719 e. The van der Waals surface area contributed by atoms with Crippen LogP contribution in [-0.2, 0) is 6.54 Å². The van der Waals surface area contributed by atoms with Gasteiger partial charge >= 0.3 is 0 Å². The van der Waals surface area contributed by atoms with Gasteiger partial charge in [0.15, 0.2) is 0 Å². The van der Waals surface area contributed by atoms with Crippen LogP contribution in [0.15, 0.2) is 41.6 Å². The van der Waals surface area contributed by atoms with E-state index < -0.39 is 0 Å². The lowest BCUT2D eigenvalue weighted by atomic mass is 10.4. The van der Waals surface area contributed by atoms with E-state index in [9.17, 15) is 0 Å². The Balaban J connectivity index is 1.84. The molecule has 2 rings (SSSR count). The van der Waals surface area contributed by atoms with Gasteiger partial charge in [-0.1, -0.05) is 17.7 Å². The first-order chi connectivity index (χ1) is 7.74. The number of anilines is 1. The molecular formula is C11H12ClN3S. The Labute approximate surface area is 104 Å². The number of aryl methyl sites for hydroxylation is 1. The van der Waals surface area contributed by atoms with Crippen molar-refractivity contribution in [1.29, 1.82) is 0 Å². The van der Waals surface area contributed by atoms with Crippen molar-refractivity contribution in [2.24, 2.45) is 0 Å². The summed E-state index contributed by atoms with van der Waals surface area (Å²) >= 11 is 7.65. The molecule has 0 aliphatic heterocycles. The summed E-state index contributed by atoms with van der Waals surface area (Å²) in [4.78, 5) is 1.17. The van der Waals surface area contributed by atoms with Gasteiger partial charge in [0, 0.05) is 21.9 Å². The highest BCUT2D eigenvalue weighted by Gasteiger charge is 1.97. The SMILES string of the molecule is Nc1cnn(CCSc2cccc(Cl)c2)c1. The van der Waals surface area contributed by atoms with Crippen molar-refractivity contribution < 1.29 is 0 Å². The molecule has 0 fully saturated rings. The zero-order valence-electron chi connectivity index (χ0n) is 8.64. The first kappa shape index (κ1) is 11.4. The molecule has 0 aliphatic carbocycles. The number of benzene rings is 1. The van der Waals surface area contributed by atoms with E-state index in [1.807, 2.05) is 35.1 Å². The van der Waals surface area contributed by atoms with E-state index in [1.165, 1.54) is 4.90 Å². The first-order valence-electron chi connectivity index (χ1n) is 4.90. The van der Waals surface area contributed by atoms with Crippen LogP contribution >= 0.6 is 23.4 Å². The van der Waals surface area contributed by atoms with Crippen LogP contribution in [0.5, 0.6) is 0 Å². The highest BCUT2D eigenvalue weighted by atomic mass is 35.5. The zero-order valence-corrected chi connectivity index (χ0v) is 10.2. The van der Waals surface area contributed by atoms with Crippen molar-refractivity contribution in [3.63, 3.8) is 0 Å². The lowest BCUT2D eigenvalue weighted by Crippen LogP contribution is -2.00. The summed E-state index contributed by atoms with van der Waals surface area (Å²) in [5.41, 5.74) is 6.28. The van der Waals surface area contributed by atoms with Gasteiger partial charge in [-0.15, -0.1) is 11.8 Å². The highest BCUT2D eigenvalue weighted by Crippen LogP contribution is 2.21. The number of halogens is 1. The molecule has 3 nitrogen and oxygen atoms in total. The molecule has 1 heterocycles. The minimum absolute atomic E-state index is 0.702. The lowest BCUT2D eigenvalue weighted by molar-refractivity contribution is 0.666. The third-order valence-corrected chi connectivity index (χ3v) is 3.25. The standard InChI is InChI=1S/C11H12ClN3S/c12-9-2-1-3-11(6-9)16-5-4-15-8-10(13)7-14-15/h1-3,6-8H,4-5,13H2. The number of nitrogens with zero attached hydrogens (tertiary/aromatic N) is 2. The number of nitrogens with two attached hydrogens (primary N) is 1. The van der Waals surface area contributed by atoms with Gasteiger partial charge in [0.1, 0.15) is 0 Å². The first-order valence-corrected chi connectivity index (χ1v) is 6.27. The zero-order chi connectivity index (χ0) is 11.4. The molecule has 1 aromatic carbocycles. The fourth-order valence-corrected chi connectivity index (χ4v) is 2.47. The molecule has 1 aromatic heterocycles. The van der Waals surface area contributed by atoms with Gasteiger partial charge in [0.25, 0.3) is 0 Å². The number of nitrogen functional groups attached to an aromatic ring is 1. The van der Waals surface area contributed by atoms with Gasteiger partial charge in [-0.05, 0) is 18.2 Å². The van der Waals surface area contributed by atoms with Gasteiger partial charge in [0.2, 0.25) is 0 Å². The van der Waals surface area contributed by atoms with Crippen LogP contribution in [0.25, 0.3) is 0 Å². The second-order valence-corrected chi connectivity index (χ2v) is 4.95. The number of aromatic nitrogens is 2. The van der Waals surface area contributed by atoms with Gasteiger partial charge in [-0.3, -0.25) is 4.68 Å². The monoisotopic (exact) mass is 253 g/mol. The molecular weight excluding hydrogens is 242 g/mol. The topological polar surface area (TPSA) is 43.8 Å². The van der Waals surface area contributed by atoms with Gasteiger partial charge in [0.05, 0.1) is 18.4 Å². The van der Waals surface area contributed by atoms with Crippen LogP contribution < -0.4 is 5.73 Å². The van der Waals surface area contributed by atoms with Crippen LogP contribution in [0.3, 0.4) is 0 Å². The molecule has 84 valence electrons. The summed E-state index contributed by atoms with van der Waals surface area (Å²) in [5.74, 6) is 0.946. The van der Waals surface area contributed by atoms with E-state index in [2.05, 4.69) is 5.10 Å². The van der Waals surface area contributed by atoms with Crippen LogP contribution in [0, 0.1) is 0 Å². The van der Waals surface area contributed by atoms with E-state index in [0.717, 1.165) is 17.3 Å². The molecule has 0 aliphatic rings. The summed E-state index contributed by atoms with van der Waals surface area (Å²) in [6.07, 6.45) is 3.49. The van der Waals surface area contributed by atoms with Gasteiger partial charge in [-0.2, -0.15) is 5.10 Å². The summed E-state index contributed by atoms with van der Waals surface area (Å²) in [6, 6.07) is 7.84. The minimum Gasteiger partial charge on any atom is -0.396 e. The fraction of sp³-hybridized carbons (Fsp3) is 0.182. The maximum atomic E-state index is 5.90. The third-order valence-electron chi connectivity index (χ3n) is 2.04. The smallest absolute Gasteiger partial charge is 0.0719 e. The summed E-state index contributed by atoms with van der Waals surface area (Å²) in [6.45, 7) is 0.842. The second-order valence-electron chi connectivity index (χ2n) is 3.34. The molecule has 0 saturated heterocycles. The van der Waals surface area contributed by atoms with Crippen LogP contribution in [0.4, 0.5) is 5.69 Å². The average molecular weight is 254 g/mol. The fourth-order valence-electron chi connectivity index (χ4n) is 1.32. The largest absolute Gasteiger partial charge is 0.396 e. The Morgan fingerprint density at radius 2 is 2.31 bits per heavy atom. The van der Waals surface area contributed by atoms with Gasteiger partial charge < -0.3 is 5.73 Å². The van der Waals surface area contributed by atoms with Gasteiger partial charge in [-0.25, -0.2) is 0 Å². The molecule has 0 radical (unpaired) electrons. The molecule has 0 unspecified atom stereocenters. The third kappa shape index (κ3) is 3.18. The Morgan fingerprint density at radius 3 is 3.00 bits per heavy atom. The van der Waals surface area contributed by atoms with Crippen LogP contribution in [0.1, 0.15) is 0 Å². The predicted octanol–water partition coefficient (Wildman–Crippen LogP) is 2.91. The Kier molecular flexibility index (Phi) is 3.74. The summed E-state index contributed by atoms with van der Waals surface area (Å²) in [5, 5.41) is 4.89. The lowest BCUT2D eigenvalue weighted by Gasteiger charge is -2.02. The van der Waals surface area contributed by atoms with Crippen LogP contribution in [-0.4, -0.2) is 15.5 Å². The molecule has 16 heavy (non-hydrogen) atoms. The molecule has 0 atom stereocenters. The molecule has 0 bridgehead atoms. The Bertz CT molecular complexity index is 470. The molecule has 0 amide bonds. The summed E-state index contributed by atoms with van der Waals surface area (Å²) < 4.78 is 1.84. The quantitative estimate of drug-likeness (QED) is 0.852.